The number of nitrogens with two attached hydrogens (primary N) is 1. The van der Waals surface area contributed by atoms with E-state index in [0.29, 0.717) is 11.3 Å². The highest BCUT2D eigenvalue weighted by molar-refractivity contribution is 5.86. The Bertz CT molecular complexity index is 906. The first kappa shape index (κ1) is 21.3. The number of nitrogens with zero attached hydrogens (tertiary/aromatic N) is 3. The summed E-state index contributed by atoms with van der Waals surface area (Å²) in [5, 5.41) is 19.5. The molecule has 1 atom stereocenters. The summed E-state index contributed by atoms with van der Waals surface area (Å²) in [7, 11) is 1.49. The van der Waals surface area contributed by atoms with Crippen molar-refractivity contribution in [3.8, 4) is 5.75 Å². The highest BCUT2D eigenvalue weighted by Gasteiger charge is 2.23. The van der Waals surface area contributed by atoms with Gasteiger partial charge in [0.1, 0.15) is 23.3 Å². The highest BCUT2D eigenvalue weighted by atomic mass is 16.6. The lowest BCUT2D eigenvalue weighted by molar-refractivity contribution is -0.383. The molecule has 0 fully saturated rings. The van der Waals surface area contributed by atoms with E-state index in [4.69, 9.17) is 15.2 Å². The van der Waals surface area contributed by atoms with Gasteiger partial charge in [-0.3, -0.25) is 15.4 Å². The third-order valence-electron chi connectivity index (χ3n) is 3.80. The van der Waals surface area contributed by atoms with Crippen molar-refractivity contribution >= 4 is 29.1 Å². The average Bonchev–Trinajstić information content (AvgIpc) is 2.68. The van der Waals surface area contributed by atoms with Crippen LogP contribution < -0.4 is 21.1 Å². The van der Waals surface area contributed by atoms with E-state index in [1.165, 1.54) is 13.2 Å². The van der Waals surface area contributed by atoms with Crippen molar-refractivity contribution in [1.29, 1.82) is 0 Å². The molecule has 0 aliphatic rings. The van der Waals surface area contributed by atoms with Gasteiger partial charge < -0.3 is 20.5 Å². The maximum Gasteiger partial charge on any atom is 0.412 e. The predicted molar refractivity (Wildman–Crippen MR) is 106 cm³/mol. The van der Waals surface area contributed by atoms with Gasteiger partial charge in [-0.15, -0.1) is 0 Å². The largest absolute Gasteiger partial charge is 0.497 e. The van der Waals surface area contributed by atoms with Crippen LogP contribution >= 0.6 is 0 Å². The minimum atomic E-state index is -0.861. The van der Waals surface area contributed by atoms with Crippen molar-refractivity contribution in [1.82, 2.24) is 4.98 Å². The van der Waals surface area contributed by atoms with Gasteiger partial charge in [-0.2, -0.15) is 4.91 Å². The van der Waals surface area contributed by atoms with Crippen LogP contribution in [0, 0.1) is 15.0 Å². The monoisotopic (exact) mass is 404 g/mol. The average molecular weight is 404 g/mol. The number of amides is 1. The topological polar surface area (TPSA) is 171 Å². The molecule has 0 bridgehead atoms. The number of carbonyl (C=O) groups excluding carboxylic acids is 1. The number of benzene rings is 1. The summed E-state index contributed by atoms with van der Waals surface area (Å²) >= 11 is 0. The molecule has 12 nitrogen and oxygen atoms in total. The molecular formula is C17H20N6O6. The molecule has 0 aliphatic carbocycles. The fourth-order valence-corrected chi connectivity index (χ4v) is 2.49. The maximum absolute atomic E-state index is 11.6. The molecule has 0 aliphatic heterocycles. The Morgan fingerprint density at radius 1 is 1.41 bits per heavy atom. The van der Waals surface area contributed by atoms with Gasteiger partial charge in [-0.25, -0.2) is 9.78 Å². The van der Waals surface area contributed by atoms with Gasteiger partial charge in [0.25, 0.3) is 0 Å². The van der Waals surface area contributed by atoms with E-state index in [0.717, 1.165) is 0 Å². The number of hydrogen-bond acceptors (Lipinski definition) is 10. The van der Waals surface area contributed by atoms with Crippen molar-refractivity contribution < 1.29 is 19.2 Å². The third kappa shape index (κ3) is 5.51. The highest BCUT2D eigenvalue weighted by Crippen LogP contribution is 2.33. The Kier molecular flexibility index (Phi) is 7.23. The Morgan fingerprint density at radius 2 is 2.17 bits per heavy atom. The number of hydrogen-bond donors (Lipinski definition) is 3. The molecule has 154 valence electrons. The Hall–Kier alpha value is -3.96. The van der Waals surface area contributed by atoms with Gasteiger partial charge in [0, 0.05) is 12.6 Å². The van der Waals surface area contributed by atoms with Gasteiger partial charge in [0.15, 0.2) is 0 Å². The first-order valence-corrected chi connectivity index (χ1v) is 8.48. The number of nitro groups is 1. The Morgan fingerprint density at radius 3 is 2.79 bits per heavy atom. The van der Waals surface area contributed by atoms with Crippen LogP contribution in [-0.4, -0.2) is 36.3 Å². The first-order valence-electron chi connectivity index (χ1n) is 8.48. The lowest BCUT2D eigenvalue weighted by atomic mass is 10.1. The van der Waals surface area contributed by atoms with Crippen LogP contribution in [-0.2, 0) is 4.74 Å². The fourth-order valence-electron chi connectivity index (χ4n) is 2.49. The standard InChI is InChI=1S/C17H20N6O6/c1-3-29-17(24)21-14-8-12(15(23(26)27)16(18)20-14)19-9-13(22-25)10-5-4-6-11(7-10)28-2/h4-8,13H,3,9H2,1-2H3,(H4,18,19,20,21,24). The zero-order chi connectivity index (χ0) is 21.4. The molecule has 0 spiro atoms. The SMILES string of the molecule is CCOC(=O)Nc1cc(NCC(N=O)c2cccc(OC)c2)c([N+](=O)[O-])c(N)n1. The number of nitrogens with one attached hydrogen (secondary N) is 2. The molecule has 0 saturated carbocycles. The number of aromatic nitrogens is 1. The Labute approximate surface area is 165 Å². The fraction of sp³-hybridized carbons (Fsp3) is 0.294. The van der Waals surface area contributed by atoms with Gasteiger partial charge >= 0.3 is 11.8 Å². The van der Waals surface area contributed by atoms with Crippen molar-refractivity contribution in [3.63, 3.8) is 0 Å². The molecule has 1 aromatic heterocycles. The van der Waals surface area contributed by atoms with Crippen molar-refractivity contribution in [2.45, 2.75) is 13.0 Å². The zero-order valence-corrected chi connectivity index (χ0v) is 15.7. The van der Waals surface area contributed by atoms with Crippen LogP contribution in [0.15, 0.2) is 35.5 Å². The van der Waals surface area contributed by atoms with Crippen LogP contribution in [0.5, 0.6) is 5.75 Å². The summed E-state index contributed by atoms with van der Waals surface area (Å²) in [5.41, 5.74) is 5.70. The number of carbonyl (C=O) groups is 1. The Balaban J connectivity index is 2.28. The molecule has 1 heterocycles. The van der Waals surface area contributed by atoms with Crippen LogP contribution in [0.4, 0.5) is 27.8 Å². The quantitative estimate of drug-likeness (QED) is 0.322. The molecule has 1 amide bonds. The van der Waals surface area contributed by atoms with Gasteiger partial charge in [0.05, 0.1) is 18.6 Å². The minimum Gasteiger partial charge on any atom is -0.497 e. The van der Waals surface area contributed by atoms with E-state index in [2.05, 4.69) is 20.8 Å². The predicted octanol–water partition coefficient (Wildman–Crippen LogP) is 3.07. The maximum atomic E-state index is 11.6. The normalized spacial score (nSPS) is 11.2. The second kappa shape index (κ2) is 9.82. The van der Waals surface area contributed by atoms with Crippen LogP contribution in [0.1, 0.15) is 18.5 Å². The summed E-state index contributed by atoms with van der Waals surface area (Å²) in [6.45, 7) is 1.68. The van der Waals surface area contributed by atoms with E-state index in [1.807, 2.05) is 0 Å². The molecule has 12 heteroatoms. The molecule has 4 N–H and O–H groups in total. The van der Waals surface area contributed by atoms with Crippen molar-refractivity contribution in [3.05, 3.63) is 50.9 Å². The van der Waals surface area contributed by atoms with E-state index in [-0.39, 0.29) is 24.7 Å². The summed E-state index contributed by atoms with van der Waals surface area (Å²) < 4.78 is 9.87. The number of ether oxygens (including phenoxy) is 2. The molecule has 29 heavy (non-hydrogen) atoms. The van der Waals surface area contributed by atoms with E-state index >= 15 is 0 Å². The lowest BCUT2D eigenvalue weighted by Crippen LogP contribution is -2.17. The second-order valence-electron chi connectivity index (χ2n) is 5.67. The number of nitroso groups, excluding NO2 is 1. The third-order valence-corrected chi connectivity index (χ3v) is 3.80. The zero-order valence-electron chi connectivity index (χ0n) is 15.7. The number of nitrogen functional groups attached to an aromatic ring is 1. The molecule has 2 rings (SSSR count). The van der Waals surface area contributed by atoms with E-state index in [9.17, 15) is 19.8 Å². The summed E-state index contributed by atoms with van der Waals surface area (Å²) in [6.07, 6.45) is -0.789. The molecule has 0 saturated heterocycles. The number of rotatable bonds is 9. The first-order chi connectivity index (χ1) is 13.9. The van der Waals surface area contributed by atoms with Crippen LogP contribution in [0.3, 0.4) is 0 Å². The smallest absolute Gasteiger partial charge is 0.412 e. The van der Waals surface area contributed by atoms with Crippen molar-refractivity contribution in [2.75, 3.05) is 36.6 Å². The van der Waals surface area contributed by atoms with Gasteiger partial charge in [-0.1, -0.05) is 17.3 Å². The van der Waals surface area contributed by atoms with Gasteiger partial charge in [-0.05, 0) is 24.6 Å². The lowest BCUT2D eigenvalue weighted by Gasteiger charge is -2.14. The summed E-state index contributed by atoms with van der Waals surface area (Å²) in [5.74, 6) is 0.0750. The minimum absolute atomic E-state index is 0.0363. The van der Waals surface area contributed by atoms with Gasteiger partial charge in [0.2, 0.25) is 5.82 Å². The molecular weight excluding hydrogens is 384 g/mol. The molecule has 1 unspecified atom stereocenters. The van der Waals surface area contributed by atoms with E-state index in [1.54, 1.807) is 31.2 Å². The molecule has 2 aromatic rings. The van der Waals surface area contributed by atoms with Crippen LogP contribution in [0.25, 0.3) is 0 Å². The summed E-state index contributed by atoms with van der Waals surface area (Å²) in [4.78, 5) is 37.3. The van der Waals surface area contributed by atoms with Crippen LogP contribution in [0.2, 0.25) is 0 Å². The second-order valence-corrected chi connectivity index (χ2v) is 5.67. The van der Waals surface area contributed by atoms with E-state index < -0.39 is 28.6 Å². The summed E-state index contributed by atoms with van der Waals surface area (Å²) in [6, 6.07) is 7.08. The molecule has 1 aromatic carbocycles. The van der Waals surface area contributed by atoms with Crippen molar-refractivity contribution in [2.24, 2.45) is 5.18 Å². The number of anilines is 3. The number of pyridine rings is 1. The molecule has 0 radical (unpaired) electrons. The number of methoxy groups -OCH3 is 1.